The molecular weight excluding hydrogens is 466 g/mol. The fraction of sp³-hybridized carbons (Fsp3) is 0.391. The number of urea groups is 1. The average molecular weight is 494 g/mol. The molecule has 2 aromatic rings. The predicted molar refractivity (Wildman–Crippen MR) is 126 cm³/mol. The van der Waals surface area contributed by atoms with Crippen LogP contribution in [0.25, 0.3) is 0 Å². The van der Waals surface area contributed by atoms with Gasteiger partial charge in [-0.15, -0.1) is 0 Å². The zero-order valence-corrected chi connectivity index (χ0v) is 20.0. The number of benzene rings is 2. The highest BCUT2D eigenvalue weighted by Gasteiger charge is 2.21. The first-order valence-electron chi connectivity index (χ1n) is 10.8. The number of rotatable bonds is 8. The first kappa shape index (κ1) is 24.9. The summed E-state index contributed by atoms with van der Waals surface area (Å²) in [5.41, 5.74) is 1.21. The van der Waals surface area contributed by atoms with Gasteiger partial charge in [-0.05, 0) is 55.2 Å². The third kappa shape index (κ3) is 7.10. The Morgan fingerprint density at radius 3 is 2.42 bits per heavy atom. The van der Waals surface area contributed by atoms with E-state index >= 15 is 0 Å². The third-order valence-electron chi connectivity index (χ3n) is 5.51. The maximum Gasteiger partial charge on any atom is 0.328 e. The van der Waals surface area contributed by atoms with Crippen LogP contribution in [0.3, 0.4) is 0 Å². The normalized spacial score (nSPS) is 14.4. The lowest BCUT2D eigenvalue weighted by Crippen LogP contribution is -2.45. The van der Waals surface area contributed by atoms with Crippen LogP contribution < -0.4 is 20.1 Å². The summed E-state index contributed by atoms with van der Waals surface area (Å²) >= 11 is 5.92. The van der Waals surface area contributed by atoms with Gasteiger partial charge in [0.25, 0.3) is 15.9 Å². The van der Waals surface area contributed by atoms with Crippen molar-refractivity contribution in [2.24, 2.45) is 0 Å². The molecule has 3 rings (SSSR count). The van der Waals surface area contributed by atoms with Crippen LogP contribution in [0.4, 0.5) is 4.79 Å². The van der Waals surface area contributed by atoms with E-state index in [1.54, 1.807) is 30.3 Å². The summed E-state index contributed by atoms with van der Waals surface area (Å²) in [5.74, 6) is 0.0884. The number of sulfonamides is 1. The van der Waals surface area contributed by atoms with Gasteiger partial charge >= 0.3 is 6.03 Å². The van der Waals surface area contributed by atoms with Gasteiger partial charge < -0.3 is 15.4 Å². The Bertz CT molecular complexity index is 1080. The Balaban J connectivity index is 1.51. The highest BCUT2D eigenvalue weighted by Crippen LogP contribution is 2.23. The van der Waals surface area contributed by atoms with Crippen molar-refractivity contribution in [1.82, 2.24) is 15.4 Å². The average Bonchev–Trinajstić information content (AvgIpc) is 2.79. The number of hydrogen-bond acceptors (Lipinski definition) is 5. The van der Waals surface area contributed by atoms with E-state index in [0.29, 0.717) is 29.3 Å². The van der Waals surface area contributed by atoms with Crippen molar-refractivity contribution in [3.05, 3.63) is 58.6 Å². The summed E-state index contributed by atoms with van der Waals surface area (Å²) in [4.78, 5) is 24.5. The van der Waals surface area contributed by atoms with Crippen LogP contribution in [0, 0.1) is 0 Å². The molecule has 2 aromatic carbocycles. The molecule has 1 saturated carbocycles. The van der Waals surface area contributed by atoms with Crippen molar-refractivity contribution in [1.29, 1.82) is 0 Å². The van der Waals surface area contributed by atoms with Crippen molar-refractivity contribution >= 4 is 33.6 Å². The molecule has 1 aliphatic rings. The number of carbonyl (C=O) groups excluding carboxylic acids is 2. The minimum atomic E-state index is -3.96. The van der Waals surface area contributed by atoms with Gasteiger partial charge in [0, 0.05) is 17.6 Å². The van der Waals surface area contributed by atoms with Gasteiger partial charge in [0.05, 0.1) is 17.6 Å². The lowest BCUT2D eigenvalue weighted by molar-refractivity contribution is 0.0951. The number of hydrogen-bond donors (Lipinski definition) is 3. The molecule has 10 heteroatoms. The molecule has 0 saturated heterocycles. The molecule has 1 aliphatic carbocycles. The fourth-order valence-corrected chi connectivity index (χ4v) is 4.82. The van der Waals surface area contributed by atoms with Crippen LogP contribution in [0.2, 0.25) is 5.02 Å². The Kier molecular flexibility index (Phi) is 8.57. The maximum atomic E-state index is 12.5. The number of carbonyl (C=O) groups is 2. The van der Waals surface area contributed by atoms with Crippen LogP contribution in [0.5, 0.6) is 5.75 Å². The summed E-state index contributed by atoms with van der Waals surface area (Å²) in [6, 6.07) is 10.3. The van der Waals surface area contributed by atoms with E-state index in [0.717, 1.165) is 37.7 Å². The second-order valence-electron chi connectivity index (χ2n) is 7.91. The Hall–Kier alpha value is -2.78. The summed E-state index contributed by atoms with van der Waals surface area (Å²) in [5, 5.41) is 6.01. The van der Waals surface area contributed by atoms with Gasteiger partial charge in [0.2, 0.25) is 0 Å². The standard InChI is InChI=1S/C23H28ClN3O5S/c1-32-21-15-17(24)9-12-20(21)22(28)25-14-13-16-7-10-19(11-8-16)33(30,31)27-23(29)26-18-5-3-2-4-6-18/h7-12,15,18H,2-6,13-14H2,1H3,(H,25,28)(H2,26,27,29). The molecule has 8 nitrogen and oxygen atoms in total. The van der Waals surface area contributed by atoms with Gasteiger partial charge in [-0.3, -0.25) is 4.79 Å². The lowest BCUT2D eigenvalue weighted by Gasteiger charge is -2.22. The van der Waals surface area contributed by atoms with Gasteiger partial charge in [-0.25, -0.2) is 17.9 Å². The highest BCUT2D eigenvalue weighted by atomic mass is 35.5. The van der Waals surface area contributed by atoms with Crippen LogP contribution >= 0.6 is 11.6 Å². The largest absolute Gasteiger partial charge is 0.496 e. The number of halogens is 1. The van der Waals surface area contributed by atoms with Crippen molar-refractivity contribution in [2.75, 3.05) is 13.7 Å². The van der Waals surface area contributed by atoms with Gasteiger partial charge in [-0.2, -0.15) is 0 Å². The summed E-state index contributed by atoms with van der Waals surface area (Å²) in [7, 11) is -2.50. The molecule has 0 aromatic heterocycles. The van der Waals surface area contributed by atoms with Crippen LogP contribution in [0.1, 0.15) is 48.0 Å². The second-order valence-corrected chi connectivity index (χ2v) is 10.0. The predicted octanol–water partition coefficient (Wildman–Crippen LogP) is 3.64. The Labute approximate surface area is 199 Å². The first-order valence-corrected chi connectivity index (χ1v) is 12.7. The molecule has 0 unspecified atom stereocenters. The Morgan fingerprint density at radius 2 is 1.76 bits per heavy atom. The smallest absolute Gasteiger partial charge is 0.328 e. The molecule has 0 radical (unpaired) electrons. The van der Waals surface area contributed by atoms with E-state index in [4.69, 9.17) is 16.3 Å². The molecule has 3 N–H and O–H groups in total. The molecule has 0 aliphatic heterocycles. The molecule has 0 atom stereocenters. The minimum absolute atomic E-state index is 0.0000182. The molecule has 178 valence electrons. The number of nitrogens with one attached hydrogen (secondary N) is 3. The molecule has 1 fully saturated rings. The van der Waals surface area contributed by atoms with Crippen LogP contribution in [-0.4, -0.2) is 40.1 Å². The van der Waals surface area contributed by atoms with Crippen molar-refractivity contribution in [3.8, 4) is 5.75 Å². The van der Waals surface area contributed by atoms with Crippen molar-refractivity contribution < 1.29 is 22.7 Å². The van der Waals surface area contributed by atoms with Gasteiger partial charge in [0.1, 0.15) is 5.75 Å². The zero-order chi connectivity index (χ0) is 23.8. The van der Waals surface area contributed by atoms with E-state index in [9.17, 15) is 18.0 Å². The van der Waals surface area contributed by atoms with E-state index in [2.05, 4.69) is 15.4 Å². The van der Waals surface area contributed by atoms with Crippen LogP contribution in [0.15, 0.2) is 47.4 Å². The lowest BCUT2D eigenvalue weighted by atomic mass is 9.96. The monoisotopic (exact) mass is 493 g/mol. The SMILES string of the molecule is COc1cc(Cl)ccc1C(=O)NCCc1ccc(S(=O)(=O)NC(=O)NC2CCCCC2)cc1. The first-order chi connectivity index (χ1) is 15.8. The summed E-state index contributed by atoms with van der Waals surface area (Å²) < 4.78 is 32.2. The van der Waals surface area contributed by atoms with E-state index in [1.165, 1.54) is 19.2 Å². The van der Waals surface area contributed by atoms with E-state index in [1.807, 2.05) is 0 Å². The van der Waals surface area contributed by atoms with E-state index in [-0.39, 0.29) is 16.8 Å². The third-order valence-corrected chi connectivity index (χ3v) is 7.09. The molecule has 3 amide bonds. The zero-order valence-electron chi connectivity index (χ0n) is 18.4. The topological polar surface area (TPSA) is 114 Å². The Morgan fingerprint density at radius 1 is 1.06 bits per heavy atom. The fourth-order valence-electron chi connectivity index (χ4n) is 3.75. The minimum Gasteiger partial charge on any atom is -0.496 e. The molecular formula is C23H28ClN3O5S. The van der Waals surface area contributed by atoms with Crippen molar-refractivity contribution in [2.45, 2.75) is 49.5 Å². The summed E-state index contributed by atoms with van der Waals surface area (Å²) in [6.07, 6.45) is 5.44. The second kappa shape index (κ2) is 11.4. The van der Waals surface area contributed by atoms with E-state index < -0.39 is 16.1 Å². The maximum absolute atomic E-state index is 12.5. The number of amides is 3. The molecule has 0 heterocycles. The van der Waals surface area contributed by atoms with Crippen molar-refractivity contribution in [3.63, 3.8) is 0 Å². The van der Waals surface area contributed by atoms with Gasteiger partial charge in [0.15, 0.2) is 0 Å². The summed E-state index contributed by atoms with van der Waals surface area (Å²) in [6.45, 7) is 0.346. The molecule has 0 bridgehead atoms. The van der Waals surface area contributed by atoms with Crippen LogP contribution in [-0.2, 0) is 16.4 Å². The molecule has 33 heavy (non-hydrogen) atoms. The number of methoxy groups -OCH3 is 1. The molecule has 0 spiro atoms. The highest BCUT2D eigenvalue weighted by molar-refractivity contribution is 7.90. The number of ether oxygens (including phenoxy) is 1. The van der Waals surface area contributed by atoms with Gasteiger partial charge in [-0.1, -0.05) is 43.0 Å². The quantitative estimate of drug-likeness (QED) is 0.519.